The second-order valence-corrected chi connectivity index (χ2v) is 6.34. The Hall–Kier alpha value is -3.07. The topological polar surface area (TPSA) is 70.5 Å². The number of carbonyl (C=O) groups excluding carboxylic acids is 1. The number of hydrogen-bond acceptors (Lipinski definition) is 5. The third kappa shape index (κ3) is 4.42. The van der Waals surface area contributed by atoms with E-state index < -0.39 is 6.29 Å². The van der Waals surface area contributed by atoms with Crippen molar-refractivity contribution in [3.05, 3.63) is 42.0 Å². The van der Waals surface area contributed by atoms with Crippen LogP contribution in [0.1, 0.15) is 5.56 Å². The van der Waals surface area contributed by atoms with E-state index in [2.05, 4.69) is 14.8 Å². The van der Waals surface area contributed by atoms with Gasteiger partial charge in [-0.2, -0.15) is 0 Å². The molecule has 150 valence electrons. The number of likely N-dealkylation sites (N-methyl/N-ethyl adjacent to an activating group) is 1. The van der Waals surface area contributed by atoms with Crippen molar-refractivity contribution in [2.24, 2.45) is 0 Å². The molecule has 1 heterocycles. The molecule has 1 atom stereocenters. The molecule has 28 heavy (non-hydrogen) atoms. The largest absolute Gasteiger partial charge is 0.586 e. The first kappa shape index (κ1) is 19.7. The Morgan fingerprint density at radius 2 is 1.89 bits per heavy atom. The summed E-state index contributed by atoms with van der Waals surface area (Å²) < 4.78 is 45.5. The Morgan fingerprint density at radius 1 is 1.14 bits per heavy atom. The molecule has 0 fully saturated rings. The lowest BCUT2D eigenvalue weighted by molar-refractivity contribution is -0.885. The average Bonchev–Trinajstić information content (AvgIpc) is 2.94. The van der Waals surface area contributed by atoms with Crippen molar-refractivity contribution in [2.45, 2.75) is 12.8 Å². The second kappa shape index (κ2) is 7.89. The average molecular weight is 395 g/mol. The van der Waals surface area contributed by atoms with Gasteiger partial charge >= 0.3 is 6.29 Å². The van der Waals surface area contributed by atoms with Crippen LogP contribution in [0.3, 0.4) is 0 Å². The molecule has 2 aromatic carbocycles. The highest BCUT2D eigenvalue weighted by atomic mass is 19.3. The molecule has 2 aromatic rings. The maximum Gasteiger partial charge on any atom is 0.586 e. The lowest BCUT2D eigenvalue weighted by Crippen LogP contribution is -3.08. The number of methoxy groups -OCH3 is 2. The summed E-state index contributed by atoms with van der Waals surface area (Å²) in [6.45, 7) is 0.687. The predicted octanol–water partition coefficient (Wildman–Crippen LogP) is 1.68. The molecule has 0 saturated heterocycles. The number of nitrogens with one attached hydrogen (secondary N) is 2. The van der Waals surface area contributed by atoms with Crippen LogP contribution in [0.2, 0.25) is 0 Å². The third-order valence-electron chi connectivity index (χ3n) is 4.12. The zero-order valence-corrected chi connectivity index (χ0v) is 15.7. The van der Waals surface area contributed by atoms with E-state index in [-0.39, 0.29) is 24.0 Å². The van der Waals surface area contributed by atoms with Gasteiger partial charge in [-0.1, -0.05) is 6.07 Å². The highest BCUT2D eigenvalue weighted by Gasteiger charge is 2.43. The molecule has 7 nitrogen and oxygen atoms in total. The van der Waals surface area contributed by atoms with Crippen molar-refractivity contribution >= 4 is 11.6 Å². The summed E-state index contributed by atoms with van der Waals surface area (Å²) in [5.74, 6) is 0.779. The van der Waals surface area contributed by atoms with Gasteiger partial charge in [-0.25, -0.2) is 0 Å². The zero-order valence-electron chi connectivity index (χ0n) is 15.7. The molecule has 0 aromatic heterocycles. The smallest absolute Gasteiger partial charge is 0.493 e. The molecule has 0 aliphatic carbocycles. The fourth-order valence-electron chi connectivity index (χ4n) is 2.99. The molecule has 0 saturated carbocycles. The minimum absolute atomic E-state index is 0.0733. The van der Waals surface area contributed by atoms with Crippen LogP contribution in [-0.4, -0.2) is 40.0 Å². The van der Waals surface area contributed by atoms with E-state index in [0.717, 1.165) is 10.5 Å². The Morgan fingerprint density at radius 3 is 2.61 bits per heavy atom. The first-order valence-electron chi connectivity index (χ1n) is 8.52. The number of benzene rings is 2. The predicted molar refractivity (Wildman–Crippen MR) is 96.3 cm³/mol. The highest BCUT2D eigenvalue weighted by Crippen LogP contribution is 2.42. The summed E-state index contributed by atoms with van der Waals surface area (Å²) >= 11 is 0. The van der Waals surface area contributed by atoms with Crippen molar-refractivity contribution in [2.75, 3.05) is 33.1 Å². The number of rotatable bonds is 7. The van der Waals surface area contributed by atoms with Crippen molar-refractivity contribution in [1.29, 1.82) is 0 Å². The molecule has 0 radical (unpaired) electrons. The number of quaternary nitrogens is 1. The normalized spacial score (nSPS) is 15.0. The number of carbonyl (C=O) groups is 1. The number of anilines is 1. The summed E-state index contributed by atoms with van der Waals surface area (Å²) in [5.41, 5.74) is 1.24. The van der Waals surface area contributed by atoms with E-state index in [0.29, 0.717) is 23.7 Å². The standard InChI is InChI=1S/C19H20F2N2O5/c1-23(10-12-5-4-6-15(25-2)18(12)26-3)11-17(24)22-13-7-8-14-16(9-13)28-19(20,21)27-14/h4-9H,10-11H2,1-3H3,(H,22,24)/p+1. The molecule has 1 unspecified atom stereocenters. The van der Waals surface area contributed by atoms with Crippen molar-refractivity contribution in [1.82, 2.24) is 0 Å². The van der Waals surface area contributed by atoms with Crippen LogP contribution in [0.5, 0.6) is 23.0 Å². The number of halogens is 2. The third-order valence-corrected chi connectivity index (χ3v) is 4.12. The molecule has 3 rings (SSSR count). The first-order valence-corrected chi connectivity index (χ1v) is 8.52. The Bertz CT molecular complexity index is 875. The molecule has 1 amide bonds. The Balaban J connectivity index is 1.60. The van der Waals surface area contributed by atoms with Gasteiger partial charge in [0.25, 0.3) is 5.91 Å². The fraction of sp³-hybridized carbons (Fsp3) is 0.316. The molecule has 9 heteroatoms. The number of amides is 1. The number of hydrogen-bond donors (Lipinski definition) is 2. The van der Waals surface area contributed by atoms with Gasteiger partial charge in [0.05, 0.1) is 26.8 Å². The zero-order chi connectivity index (χ0) is 20.3. The SMILES string of the molecule is COc1cccc(C[NH+](C)CC(=O)Nc2ccc3c(c2)OC(F)(F)O3)c1OC. The van der Waals surface area contributed by atoms with E-state index in [1.165, 1.54) is 18.2 Å². The quantitative estimate of drug-likeness (QED) is 0.747. The maximum absolute atomic E-state index is 13.1. The van der Waals surface area contributed by atoms with Gasteiger partial charge in [0, 0.05) is 11.8 Å². The molecule has 0 spiro atoms. The van der Waals surface area contributed by atoms with Crippen LogP contribution in [0.15, 0.2) is 36.4 Å². The van der Waals surface area contributed by atoms with Gasteiger partial charge < -0.3 is 29.2 Å². The minimum Gasteiger partial charge on any atom is -0.493 e. The summed E-state index contributed by atoms with van der Waals surface area (Å²) in [5, 5.41) is 2.67. The van der Waals surface area contributed by atoms with E-state index in [1.807, 2.05) is 19.2 Å². The summed E-state index contributed by atoms with van der Waals surface area (Å²) in [6, 6.07) is 9.65. The van der Waals surface area contributed by atoms with Crippen LogP contribution in [-0.2, 0) is 11.3 Å². The van der Waals surface area contributed by atoms with Crippen molar-refractivity contribution in [3.63, 3.8) is 0 Å². The summed E-state index contributed by atoms with van der Waals surface area (Å²) in [4.78, 5) is 13.2. The van der Waals surface area contributed by atoms with E-state index in [1.54, 1.807) is 20.3 Å². The molecular weight excluding hydrogens is 374 g/mol. The minimum atomic E-state index is -3.69. The van der Waals surface area contributed by atoms with Gasteiger partial charge in [0.15, 0.2) is 29.5 Å². The van der Waals surface area contributed by atoms with Crippen molar-refractivity contribution in [3.8, 4) is 23.0 Å². The molecule has 1 aliphatic heterocycles. The van der Waals surface area contributed by atoms with E-state index >= 15 is 0 Å². The summed E-state index contributed by atoms with van der Waals surface area (Å²) in [7, 11) is 4.98. The number of ether oxygens (including phenoxy) is 4. The molecule has 2 N–H and O–H groups in total. The van der Waals surface area contributed by atoms with Crippen LogP contribution in [0.25, 0.3) is 0 Å². The van der Waals surface area contributed by atoms with Gasteiger partial charge in [-0.05, 0) is 24.3 Å². The van der Waals surface area contributed by atoms with Gasteiger partial charge in [-0.15, -0.1) is 8.78 Å². The van der Waals surface area contributed by atoms with Crippen LogP contribution >= 0.6 is 0 Å². The highest BCUT2D eigenvalue weighted by molar-refractivity contribution is 5.91. The van der Waals surface area contributed by atoms with Gasteiger partial charge in [-0.3, -0.25) is 4.79 Å². The van der Waals surface area contributed by atoms with E-state index in [4.69, 9.17) is 9.47 Å². The van der Waals surface area contributed by atoms with Gasteiger partial charge in [0.1, 0.15) is 6.54 Å². The van der Waals surface area contributed by atoms with Crippen LogP contribution in [0.4, 0.5) is 14.5 Å². The first-order chi connectivity index (χ1) is 13.3. The van der Waals surface area contributed by atoms with Crippen LogP contribution in [0, 0.1) is 0 Å². The molecular formula is C19H21F2N2O5+. The number of para-hydroxylation sites is 1. The van der Waals surface area contributed by atoms with Crippen molar-refractivity contribution < 1.29 is 37.4 Å². The lowest BCUT2D eigenvalue weighted by Gasteiger charge is -2.17. The fourth-order valence-corrected chi connectivity index (χ4v) is 2.99. The summed E-state index contributed by atoms with van der Waals surface area (Å²) in [6.07, 6.45) is -3.69. The lowest BCUT2D eigenvalue weighted by atomic mass is 10.1. The Labute approximate surface area is 160 Å². The molecule has 0 bridgehead atoms. The Kier molecular flexibility index (Phi) is 5.55. The van der Waals surface area contributed by atoms with Gasteiger partial charge in [0.2, 0.25) is 0 Å². The number of alkyl halides is 2. The number of fused-ring (bicyclic) bond motifs is 1. The van der Waals surface area contributed by atoms with E-state index in [9.17, 15) is 13.6 Å². The maximum atomic E-state index is 13.1. The second-order valence-electron chi connectivity index (χ2n) is 6.34. The van der Waals surface area contributed by atoms with Crippen LogP contribution < -0.4 is 29.2 Å². The molecule has 1 aliphatic rings. The monoisotopic (exact) mass is 395 g/mol.